The summed E-state index contributed by atoms with van der Waals surface area (Å²) in [7, 11) is 1.31. The van der Waals surface area contributed by atoms with Crippen LogP contribution in [0.4, 0.5) is 5.69 Å². The normalized spacial score (nSPS) is 10.1. The average Bonchev–Trinajstić information content (AvgIpc) is 2.65. The average molecular weight is 375 g/mol. The Morgan fingerprint density at radius 1 is 1.00 bits per heavy atom. The van der Waals surface area contributed by atoms with Crippen molar-refractivity contribution in [2.45, 2.75) is 6.92 Å². The molecule has 2 aromatic carbocycles. The molecule has 0 saturated carbocycles. The zero-order valence-electron chi connectivity index (χ0n) is 14.5. The molecule has 0 aliphatic carbocycles. The fourth-order valence-electron chi connectivity index (χ4n) is 2.35. The van der Waals surface area contributed by atoms with Crippen LogP contribution in [0.25, 0.3) is 0 Å². The SMILES string of the molecule is COC(=O)c1ccc(N(CCNC(=O)c2ccc(Cl)cc2)C(C)=O)cc1. The summed E-state index contributed by atoms with van der Waals surface area (Å²) < 4.78 is 4.65. The van der Waals surface area contributed by atoms with Gasteiger partial charge in [-0.15, -0.1) is 0 Å². The highest BCUT2D eigenvalue weighted by Gasteiger charge is 2.13. The number of carbonyl (C=O) groups is 3. The molecule has 0 aliphatic heterocycles. The van der Waals surface area contributed by atoms with Gasteiger partial charge in [-0.1, -0.05) is 11.6 Å². The van der Waals surface area contributed by atoms with Gasteiger partial charge >= 0.3 is 5.97 Å². The number of halogens is 1. The first-order valence-electron chi connectivity index (χ1n) is 7.92. The minimum Gasteiger partial charge on any atom is -0.465 e. The van der Waals surface area contributed by atoms with E-state index in [1.54, 1.807) is 48.5 Å². The van der Waals surface area contributed by atoms with Crippen LogP contribution in [0.3, 0.4) is 0 Å². The van der Waals surface area contributed by atoms with Gasteiger partial charge in [0.15, 0.2) is 0 Å². The summed E-state index contributed by atoms with van der Waals surface area (Å²) in [6.45, 7) is 2.02. The fourth-order valence-corrected chi connectivity index (χ4v) is 2.47. The van der Waals surface area contributed by atoms with E-state index in [2.05, 4.69) is 10.1 Å². The van der Waals surface area contributed by atoms with Gasteiger partial charge in [-0.05, 0) is 48.5 Å². The molecule has 6 nitrogen and oxygen atoms in total. The number of benzene rings is 2. The Morgan fingerprint density at radius 3 is 2.12 bits per heavy atom. The molecule has 1 N–H and O–H groups in total. The van der Waals surface area contributed by atoms with E-state index in [-0.39, 0.29) is 18.4 Å². The van der Waals surface area contributed by atoms with Crippen LogP contribution >= 0.6 is 11.6 Å². The number of hydrogen-bond donors (Lipinski definition) is 1. The van der Waals surface area contributed by atoms with Crippen molar-refractivity contribution in [3.63, 3.8) is 0 Å². The van der Waals surface area contributed by atoms with Crippen LogP contribution in [-0.4, -0.2) is 38.0 Å². The lowest BCUT2D eigenvalue weighted by molar-refractivity contribution is -0.116. The van der Waals surface area contributed by atoms with Crippen LogP contribution in [0.15, 0.2) is 48.5 Å². The largest absolute Gasteiger partial charge is 0.465 e. The molecule has 0 aromatic heterocycles. The number of carbonyl (C=O) groups excluding carboxylic acids is 3. The lowest BCUT2D eigenvalue weighted by Crippen LogP contribution is -2.37. The highest BCUT2D eigenvalue weighted by atomic mass is 35.5. The summed E-state index contributed by atoms with van der Waals surface area (Å²) >= 11 is 5.80. The van der Waals surface area contributed by atoms with Crippen molar-refractivity contribution >= 4 is 35.1 Å². The van der Waals surface area contributed by atoms with Crippen molar-refractivity contribution in [1.29, 1.82) is 0 Å². The number of hydrogen-bond acceptors (Lipinski definition) is 4. The van der Waals surface area contributed by atoms with Crippen molar-refractivity contribution in [3.8, 4) is 0 Å². The standard InChI is InChI=1S/C19H19ClN2O4/c1-13(23)22(17-9-5-15(6-10-17)19(25)26-2)12-11-21-18(24)14-3-7-16(20)8-4-14/h3-10H,11-12H2,1-2H3,(H,21,24). The maximum atomic E-state index is 12.1. The monoisotopic (exact) mass is 374 g/mol. The Morgan fingerprint density at radius 2 is 1.58 bits per heavy atom. The van der Waals surface area contributed by atoms with Crippen molar-refractivity contribution in [2.24, 2.45) is 0 Å². The van der Waals surface area contributed by atoms with Crippen LogP contribution in [0, 0.1) is 0 Å². The Balaban J connectivity index is 1.98. The lowest BCUT2D eigenvalue weighted by Gasteiger charge is -2.21. The third kappa shape index (κ3) is 5.07. The van der Waals surface area contributed by atoms with Crippen molar-refractivity contribution in [3.05, 3.63) is 64.7 Å². The highest BCUT2D eigenvalue weighted by Crippen LogP contribution is 2.16. The summed E-state index contributed by atoms with van der Waals surface area (Å²) in [5.74, 6) is -0.857. The van der Waals surface area contributed by atoms with Crippen LogP contribution in [0.5, 0.6) is 0 Å². The number of ether oxygens (including phenoxy) is 1. The van der Waals surface area contributed by atoms with Gasteiger partial charge in [-0.25, -0.2) is 4.79 Å². The molecule has 2 aromatic rings. The van der Waals surface area contributed by atoms with E-state index in [0.29, 0.717) is 28.4 Å². The molecule has 7 heteroatoms. The lowest BCUT2D eigenvalue weighted by atomic mass is 10.2. The molecular formula is C19H19ClN2O4. The predicted octanol–water partition coefficient (Wildman–Crippen LogP) is 2.91. The second kappa shape index (κ2) is 9.01. The Kier molecular flexibility index (Phi) is 6.74. The van der Waals surface area contributed by atoms with Gasteiger partial charge in [0, 0.05) is 36.3 Å². The van der Waals surface area contributed by atoms with Gasteiger partial charge < -0.3 is 15.0 Å². The maximum Gasteiger partial charge on any atom is 0.337 e. The van der Waals surface area contributed by atoms with E-state index in [0.717, 1.165) is 0 Å². The van der Waals surface area contributed by atoms with Gasteiger partial charge in [0.2, 0.25) is 5.91 Å². The molecule has 0 spiro atoms. The quantitative estimate of drug-likeness (QED) is 0.789. The predicted molar refractivity (Wildman–Crippen MR) is 99.6 cm³/mol. The minimum atomic E-state index is -0.443. The Bertz CT molecular complexity index is 788. The van der Waals surface area contributed by atoms with Crippen molar-refractivity contribution in [2.75, 3.05) is 25.1 Å². The molecule has 0 fully saturated rings. The molecule has 0 bridgehead atoms. The molecule has 0 heterocycles. The van der Waals surface area contributed by atoms with E-state index in [9.17, 15) is 14.4 Å². The summed E-state index contributed by atoms with van der Waals surface area (Å²) in [5.41, 5.74) is 1.52. The van der Waals surface area contributed by atoms with Crippen molar-refractivity contribution < 1.29 is 19.1 Å². The number of rotatable bonds is 6. The topological polar surface area (TPSA) is 75.7 Å². The van der Waals surface area contributed by atoms with Crippen molar-refractivity contribution in [1.82, 2.24) is 5.32 Å². The molecule has 0 aliphatic rings. The number of nitrogens with zero attached hydrogens (tertiary/aromatic N) is 1. The van der Waals surface area contributed by atoms with E-state index in [1.165, 1.54) is 18.9 Å². The number of methoxy groups -OCH3 is 1. The zero-order valence-corrected chi connectivity index (χ0v) is 15.2. The first kappa shape index (κ1) is 19.5. The molecule has 0 saturated heterocycles. The molecule has 26 heavy (non-hydrogen) atoms. The van der Waals surface area contributed by atoms with E-state index >= 15 is 0 Å². The molecule has 0 unspecified atom stereocenters. The van der Waals surface area contributed by atoms with Gasteiger partial charge in [0.1, 0.15) is 0 Å². The second-order valence-electron chi connectivity index (χ2n) is 5.47. The third-order valence-corrected chi connectivity index (χ3v) is 3.96. The summed E-state index contributed by atoms with van der Waals surface area (Å²) in [5, 5.41) is 3.32. The smallest absolute Gasteiger partial charge is 0.337 e. The van der Waals surface area contributed by atoms with Crippen LogP contribution in [0.2, 0.25) is 5.02 Å². The summed E-state index contributed by atoms with van der Waals surface area (Å²) in [6, 6.07) is 13.0. The number of nitrogens with one attached hydrogen (secondary N) is 1. The van der Waals surface area contributed by atoms with Crippen LogP contribution in [-0.2, 0) is 9.53 Å². The van der Waals surface area contributed by atoms with Crippen LogP contribution in [0.1, 0.15) is 27.6 Å². The highest BCUT2D eigenvalue weighted by molar-refractivity contribution is 6.30. The first-order chi connectivity index (χ1) is 12.4. The van der Waals surface area contributed by atoms with Gasteiger partial charge in [-0.3, -0.25) is 9.59 Å². The van der Waals surface area contributed by atoms with Crippen LogP contribution < -0.4 is 10.2 Å². The Labute approximate surface area is 156 Å². The molecule has 2 amide bonds. The Hall–Kier alpha value is -2.86. The van der Waals surface area contributed by atoms with Gasteiger partial charge in [0.05, 0.1) is 12.7 Å². The zero-order chi connectivity index (χ0) is 19.1. The molecular weight excluding hydrogens is 356 g/mol. The maximum absolute atomic E-state index is 12.1. The number of anilines is 1. The summed E-state index contributed by atoms with van der Waals surface area (Å²) in [6.07, 6.45) is 0. The fraction of sp³-hybridized carbons (Fsp3) is 0.211. The van der Waals surface area contributed by atoms with E-state index in [4.69, 9.17) is 11.6 Å². The molecule has 0 atom stereocenters. The summed E-state index contributed by atoms with van der Waals surface area (Å²) in [4.78, 5) is 37.0. The third-order valence-electron chi connectivity index (χ3n) is 3.71. The van der Waals surface area contributed by atoms with E-state index < -0.39 is 5.97 Å². The second-order valence-corrected chi connectivity index (χ2v) is 5.91. The molecule has 0 radical (unpaired) electrons. The number of esters is 1. The first-order valence-corrected chi connectivity index (χ1v) is 8.30. The minimum absolute atomic E-state index is 0.170. The molecule has 136 valence electrons. The van der Waals surface area contributed by atoms with E-state index in [1.807, 2.05) is 0 Å². The van der Waals surface area contributed by atoms with Gasteiger partial charge in [-0.2, -0.15) is 0 Å². The van der Waals surface area contributed by atoms with Gasteiger partial charge in [0.25, 0.3) is 5.91 Å². The molecule has 2 rings (SSSR count). The number of amides is 2.